The zero-order valence-electron chi connectivity index (χ0n) is 21.7. The minimum absolute atomic E-state index is 0.0771. The van der Waals surface area contributed by atoms with Crippen LogP contribution in [0.15, 0.2) is 49.3 Å². The van der Waals surface area contributed by atoms with Gasteiger partial charge in [-0.15, -0.1) is 0 Å². The topological polar surface area (TPSA) is 140 Å². The molecule has 0 atom stereocenters. The van der Waals surface area contributed by atoms with Crippen molar-refractivity contribution in [2.45, 2.75) is 31.8 Å². The lowest BCUT2D eigenvalue weighted by Gasteiger charge is -2.17. The first-order valence-corrected chi connectivity index (χ1v) is 13.9. The highest BCUT2D eigenvalue weighted by Gasteiger charge is 2.35. The summed E-state index contributed by atoms with van der Waals surface area (Å²) in [5.41, 5.74) is 8.79. The highest BCUT2D eigenvalue weighted by Crippen LogP contribution is 2.27. The van der Waals surface area contributed by atoms with Gasteiger partial charge >= 0.3 is 12.1 Å². The van der Waals surface area contributed by atoms with Gasteiger partial charge < -0.3 is 21.1 Å². The standard InChI is InChI=1S/C22H30BrF3N4O4S.C2H3N/c1-5-30(6-2)10-11-34-19(31)14-29-18(20(23)21(27)22(24,25)26)13-28-15(3)16-8-7-9-17(12-16)35(4,32)33;1-2-3/h7-9,12H,5-6,10-11,13-14,27H2,1-4H3;1H,3H2/b21-20+,28-15?,29-18?;. The average molecular weight is 625 g/mol. The lowest BCUT2D eigenvalue weighted by molar-refractivity contribution is -0.142. The fourth-order valence-electron chi connectivity index (χ4n) is 2.74. The Balaban J connectivity index is 0.00000434. The van der Waals surface area contributed by atoms with E-state index < -0.39 is 38.7 Å². The number of halogens is 4. The van der Waals surface area contributed by atoms with E-state index >= 15 is 0 Å². The Morgan fingerprint density at radius 2 is 1.79 bits per heavy atom. The third kappa shape index (κ3) is 13.1. The fourth-order valence-corrected chi connectivity index (χ4v) is 3.88. The number of sulfone groups is 1. The fraction of sp³-hybridized carbons (Fsp3) is 0.458. The summed E-state index contributed by atoms with van der Waals surface area (Å²) >= 11 is 2.83. The molecule has 0 unspecified atom stereocenters. The van der Waals surface area contributed by atoms with E-state index in [9.17, 15) is 26.4 Å². The van der Waals surface area contributed by atoms with Gasteiger partial charge in [-0.3, -0.25) is 14.8 Å². The molecule has 0 aliphatic heterocycles. The number of likely N-dealkylation sites (N-methyl/N-ethyl adjacent to an activating group) is 1. The molecule has 0 aliphatic rings. The number of alkyl halides is 3. The molecule has 0 amide bonds. The van der Waals surface area contributed by atoms with Gasteiger partial charge in [0.15, 0.2) is 9.84 Å². The van der Waals surface area contributed by atoms with Crippen LogP contribution < -0.4 is 11.5 Å². The third-order valence-electron chi connectivity index (χ3n) is 4.91. The van der Waals surface area contributed by atoms with Crippen LogP contribution in [0.1, 0.15) is 26.3 Å². The highest BCUT2D eigenvalue weighted by molar-refractivity contribution is 9.12. The van der Waals surface area contributed by atoms with Gasteiger partial charge in [0, 0.05) is 18.5 Å². The third-order valence-corrected chi connectivity index (χ3v) is 6.90. The maximum absolute atomic E-state index is 13.1. The molecular formula is C24H33BrF3N5O4S. The number of hydrogen-bond donors (Lipinski definition) is 2. The van der Waals surface area contributed by atoms with Crippen molar-refractivity contribution in [2.75, 3.05) is 45.6 Å². The molecule has 0 saturated carbocycles. The first-order valence-electron chi connectivity index (χ1n) is 11.2. The quantitative estimate of drug-likeness (QED) is 0.158. The Hall–Kier alpha value is -2.89. The van der Waals surface area contributed by atoms with Crippen molar-refractivity contribution in [3.63, 3.8) is 0 Å². The normalized spacial score (nSPS) is 13.3. The van der Waals surface area contributed by atoms with E-state index in [-0.39, 0.29) is 23.8 Å². The summed E-state index contributed by atoms with van der Waals surface area (Å²) in [4.78, 5) is 22.4. The summed E-state index contributed by atoms with van der Waals surface area (Å²) in [5, 5.41) is 0. The predicted molar refractivity (Wildman–Crippen MR) is 147 cm³/mol. The maximum Gasteiger partial charge on any atom is 0.431 e. The van der Waals surface area contributed by atoms with Crippen LogP contribution >= 0.6 is 15.9 Å². The molecule has 0 bridgehead atoms. The van der Waals surface area contributed by atoms with Crippen molar-refractivity contribution in [3.8, 4) is 12.5 Å². The number of allylic oxidation sites excluding steroid dienone is 1. The zero-order valence-corrected chi connectivity index (χ0v) is 24.1. The first kappa shape index (κ1) is 35.1. The molecule has 9 nitrogen and oxygen atoms in total. The molecule has 38 heavy (non-hydrogen) atoms. The summed E-state index contributed by atoms with van der Waals surface area (Å²) in [6.45, 7) is 6.87. The van der Waals surface area contributed by atoms with Crippen molar-refractivity contribution in [1.82, 2.24) is 4.90 Å². The molecule has 0 fully saturated rings. The molecule has 0 saturated heterocycles. The second-order valence-corrected chi connectivity index (χ2v) is 10.4. The van der Waals surface area contributed by atoms with E-state index in [4.69, 9.17) is 10.5 Å². The van der Waals surface area contributed by atoms with Gasteiger partial charge in [0.05, 0.1) is 21.6 Å². The number of rotatable bonds is 12. The van der Waals surface area contributed by atoms with Crippen LogP contribution in [0.2, 0.25) is 0 Å². The monoisotopic (exact) mass is 623 g/mol. The van der Waals surface area contributed by atoms with Gasteiger partial charge in [-0.25, -0.2) is 8.42 Å². The summed E-state index contributed by atoms with van der Waals surface area (Å²) in [6, 6.07) is 7.74. The second kappa shape index (κ2) is 16.8. The van der Waals surface area contributed by atoms with Gasteiger partial charge in [-0.1, -0.05) is 32.4 Å². The molecule has 212 valence electrons. The molecule has 4 N–H and O–H groups in total. The van der Waals surface area contributed by atoms with Crippen LogP contribution in [0.25, 0.3) is 0 Å². The Labute approximate surface area is 230 Å². The second-order valence-electron chi connectivity index (χ2n) is 7.60. The molecule has 1 aromatic rings. The maximum atomic E-state index is 13.1. The van der Waals surface area contributed by atoms with Gasteiger partial charge in [0.2, 0.25) is 0 Å². The summed E-state index contributed by atoms with van der Waals surface area (Å²) < 4.78 is 67.5. The largest absolute Gasteiger partial charge is 0.463 e. The number of esters is 1. The lowest BCUT2D eigenvalue weighted by Crippen LogP contribution is -2.28. The number of nitrogens with zero attached hydrogens (tertiary/aromatic N) is 3. The molecule has 0 heterocycles. The van der Waals surface area contributed by atoms with E-state index in [2.05, 4.69) is 38.1 Å². The highest BCUT2D eigenvalue weighted by atomic mass is 79.9. The molecular weight excluding hydrogens is 591 g/mol. The van der Waals surface area contributed by atoms with Crippen molar-refractivity contribution < 1.29 is 31.1 Å². The van der Waals surface area contributed by atoms with Crippen molar-refractivity contribution >= 4 is 43.2 Å². The predicted octanol–water partition coefficient (Wildman–Crippen LogP) is 2.89. The number of nitrogens with two attached hydrogens (primary N) is 2. The smallest absolute Gasteiger partial charge is 0.431 e. The number of hydrogen-bond acceptors (Lipinski definition) is 9. The van der Waals surface area contributed by atoms with Crippen LogP contribution in [0.5, 0.6) is 0 Å². The van der Waals surface area contributed by atoms with Crippen molar-refractivity contribution in [2.24, 2.45) is 21.5 Å². The lowest BCUT2D eigenvalue weighted by atomic mass is 10.1. The van der Waals surface area contributed by atoms with Crippen LogP contribution in [0, 0.1) is 12.5 Å². The van der Waals surface area contributed by atoms with Crippen LogP contribution in [0.4, 0.5) is 13.2 Å². The number of benzene rings is 1. The minimum atomic E-state index is -4.83. The number of carbonyl (C=O) groups is 1. The van der Waals surface area contributed by atoms with E-state index in [0.717, 1.165) is 19.3 Å². The molecule has 0 aliphatic carbocycles. The van der Waals surface area contributed by atoms with E-state index in [1.165, 1.54) is 18.2 Å². The van der Waals surface area contributed by atoms with Crippen molar-refractivity contribution in [1.29, 1.82) is 0 Å². The molecule has 14 heteroatoms. The summed E-state index contributed by atoms with van der Waals surface area (Å²) in [7, 11) is -3.46. The van der Waals surface area contributed by atoms with E-state index in [1.807, 2.05) is 18.7 Å². The Morgan fingerprint density at radius 3 is 2.29 bits per heavy atom. The zero-order chi connectivity index (χ0) is 29.5. The Bertz CT molecular complexity index is 1170. The average Bonchev–Trinajstić information content (AvgIpc) is 2.85. The van der Waals surface area contributed by atoms with Crippen LogP contribution in [-0.2, 0) is 19.4 Å². The number of ether oxygens (including phenoxy) is 1. The van der Waals surface area contributed by atoms with Crippen LogP contribution in [-0.4, -0.2) is 82.5 Å². The number of terminal acetylenes is 1. The van der Waals surface area contributed by atoms with Crippen LogP contribution in [0.3, 0.4) is 0 Å². The Kier molecular flexibility index (Phi) is 15.6. The molecule has 1 aromatic carbocycles. The summed E-state index contributed by atoms with van der Waals surface area (Å²) in [6.07, 6.45) is 0.610. The van der Waals surface area contributed by atoms with Gasteiger partial charge in [0.25, 0.3) is 0 Å². The number of carbonyl (C=O) groups excluding carboxylic acids is 1. The van der Waals surface area contributed by atoms with E-state index in [0.29, 0.717) is 17.8 Å². The van der Waals surface area contributed by atoms with Crippen molar-refractivity contribution in [3.05, 3.63) is 40.0 Å². The SMILES string of the molecule is C#CN.CCN(CC)CCOC(=O)CN=C(CN=C(C)c1cccc(S(C)(=O)=O)c1)/C(Br)=C(\N)C(F)(F)F. The summed E-state index contributed by atoms with van der Waals surface area (Å²) in [5.74, 6) is -0.706. The Morgan fingerprint density at radius 1 is 1.21 bits per heavy atom. The van der Waals surface area contributed by atoms with Gasteiger partial charge in [-0.2, -0.15) is 13.2 Å². The molecule has 1 rings (SSSR count). The van der Waals surface area contributed by atoms with Gasteiger partial charge in [0.1, 0.15) is 18.8 Å². The molecule has 0 aromatic heterocycles. The molecule has 0 spiro atoms. The molecule has 0 radical (unpaired) electrons. The first-order chi connectivity index (χ1) is 17.6. The minimum Gasteiger partial charge on any atom is -0.463 e. The van der Waals surface area contributed by atoms with Gasteiger partial charge in [-0.05, 0) is 59.7 Å². The number of aliphatic imine (C=N–C) groups is 2. The van der Waals surface area contributed by atoms with E-state index in [1.54, 1.807) is 19.0 Å².